The zero-order chi connectivity index (χ0) is 31.1. The molecule has 14 nitrogen and oxygen atoms in total. The van der Waals surface area contributed by atoms with Crippen LogP contribution in [-0.4, -0.2) is 107 Å². The summed E-state index contributed by atoms with van der Waals surface area (Å²) in [6.07, 6.45) is 0. The third kappa shape index (κ3) is 6.49. The second-order valence-electron chi connectivity index (χ2n) is 10.4. The fourth-order valence-corrected chi connectivity index (χ4v) is 5.58. The van der Waals surface area contributed by atoms with Crippen molar-refractivity contribution in [2.24, 2.45) is 5.73 Å². The number of nitrogen functional groups attached to an aromatic ring is 1. The van der Waals surface area contributed by atoms with E-state index in [0.717, 1.165) is 10.5 Å². The van der Waals surface area contributed by atoms with Gasteiger partial charge >= 0.3 is 5.97 Å². The van der Waals surface area contributed by atoms with E-state index in [1.807, 2.05) is 6.07 Å². The number of amides is 4. The number of carboxylic acids is 1. The topological polar surface area (TPSA) is 210 Å². The first-order valence-corrected chi connectivity index (χ1v) is 13.9. The normalized spacial score (nSPS) is 18.3. The molecule has 4 rings (SSSR count). The van der Waals surface area contributed by atoms with Gasteiger partial charge in [-0.2, -0.15) is 0 Å². The van der Waals surface area contributed by atoms with Gasteiger partial charge in [0.25, 0.3) is 5.91 Å². The van der Waals surface area contributed by atoms with Crippen molar-refractivity contribution in [3.8, 4) is 0 Å². The van der Waals surface area contributed by atoms with Crippen molar-refractivity contribution in [2.45, 2.75) is 31.1 Å². The zero-order valence-corrected chi connectivity index (χ0v) is 23.8. The monoisotopic (exact) mass is 592 g/mol. The average Bonchev–Trinajstić information content (AvgIpc) is 3.00. The lowest BCUT2D eigenvalue weighted by atomic mass is 9.78. The number of hydrogen-bond donors (Lipinski definition) is 7. The molecule has 0 aromatic heterocycles. The Labute approximate surface area is 248 Å². The SMILES string of the molecule is CC(NC(=O)c1ccc(C(=N)N)cc1)C(C(=O)O)(C(C(=O)NCc1ccccc1)N1CCNCC1=O)N1CCNCC1=O. The number of nitrogens with zero attached hydrogens (tertiary/aromatic N) is 2. The molecule has 0 saturated carbocycles. The molecular weight excluding hydrogens is 556 g/mol. The molecule has 2 heterocycles. The summed E-state index contributed by atoms with van der Waals surface area (Å²) in [5.41, 5.74) is 4.41. The first kappa shape index (κ1) is 31.1. The Morgan fingerprint density at radius 2 is 1.58 bits per heavy atom. The van der Waals surface area contributed by atoms with Crippen LogP contribution in [-0.2, 0) is 25.7 Å². The molecule has 3 atom stereocenters. The van der Waals surface area contributed by atoms with Crippen LogP contribution in [0.15, 0.2) is 54.6 Å². The molecular formula is C29H36N8O6. The maximum atomic E-state index is 14.1. The molecule has 0 spiro atoms. The fraction of sp³-hybridized carbons (Fsp3) is 0.379. The molecule has 14 heteroatoms. The highest BCUT2D eigenvalue weighted by Gasteiger charge is 2.62. The minimum absolute atomic E-state index is 0.00470. The van der Waals surface area contributed by atoms with Gasteiger partial charge in [-0.25, -0.2) is 4.79 Å². The van der Waals surface area contributed by atoms with Gasteiger partial charge in [-0.1, -0.05) is 42.5 Å². The van der Waals surface area contributed by atoms with Crippen molar-refractivity contribution in [2.75, 3.05) is 39.3 Å². The minimum Gasteiger partial charge on any atom is -0.479 e. The second-order valence-corrected chi connectivity index (χ2v) is 10.4. The quantitative estimate of drug-likeness (QED) is 0.119. The van der Waals surface area contributed by atoms with E-state index in [2.05, 4.69) is 21.3 Å². The molecule has 0 radical (unpaired) electrons. The van der Waals surface area contributed by atoms with Crippen molar-refractivity contribution in [3.05, 3.63) is 71.3 Å². The van der Waals surface area contributed by atoms with Gasteiger partial charge in [0, 0.05) is 43.9 Å². The summed E-state index contributed by atoms with van der Waals surface area (Å²) in [4.78, 5) is 70.1. The summed E-state index contributed by atoms with van der Waals surface area (Å²) in [5, 5.41) is 29.9. The number of rotatable bonds is 11. The molecule has 2 aliphatic rings. The van der Waals surface area contributed by atoms with Crippen LogP contribution < -0.4 is 27.0 Å². The molecule has 3 unspecified atom stereocenters. The van der Waals surface area contributed by atoms with E-state index in [1.54, 1.807) is 24.3 Å². The van der Waals surface area contributed by atoms with Crippen LogP contribution in [0.5, 0.6) is 0 Å². The van der Waals surface area contributed by atoms with Crippen molar-refractivity contribution >= 4 is 35.4 Å². The smallest absolute Gasteiger partial charge is 0.334 e. The Kier molecular flexibility index (Phi) is 9.73. The number of carbonyl (C=O) groups excluding carboxylic acids is 4. The summed E-state index contributed by atoms with van der Waals surface area (Å²) >= 11 is 0. The lowest BCUT2D eigenvalue weighted by Gasteiger charge is -2.52. The molecule has 2 aliphatic heterocycles. The van der Waals surface area contributed by atoms with Gasteiger partial charge in [0.15, 0.2) is 5.54 Å². The van der Waals surface area contributed by atoms with Crippen molar-refractivity contribution in [1.82, 2.24) is 31.1 Å². The van der Waals surface area contributed by atoms with E-state index in [4.69, 9.17) is 11.1 Å². The number of carbonyl (C=O) groups is 5. The van der Waals surface area contributed by atoms with Crippen LogP contribution >= 0.6 is 0 Å². The standard InChI is InChI=1S/C29H36N8O6/c1-18(35-26(40)21-9-7-20(8-10-21)25(30)31)29(28(42)43,37-14-12-33-17-23(37)39)24(36-13-11-32-16-22(36)38)27(41)34-15-19-5-3-2-4-6-19/h2-10,18,24,32-33H,11-17H2,1H3,(H3,30,31)(H,34,41)(H,35,40)(H,42,43). The van der Waals surface area contributed by atoms with E-state index >= 15 is 0 Å². The number of carboxylic acid groups (broad SMARTS) is 1. The molecule has 43 heavy (non-hydrogen) atoms. The molecule has 2 fully saturated rings. The van der Waals surface area contributed by atoms with Gasteiger partial charge in [-0.15, -0.1) is 0 Å². The maximum absolute atomic E-state index is 14.1. The van der Waals surface area contributed by atoms with Crippen molar-refractivity contribution in [1.29, 1.82) is 5.41 Å². The highest BCUT2D eigenvalue weighted by atomic mass is 16.4. The largest absolute Gasteiger partial charge is 0.479 e. The number of piperazine rings is 2. The lowest BCUT2D eigenvalue weighted by molar-refractivity contribution is -0.174. The third-order valence-corrected chi connectivity index (χ3v) is 7.76. The molecule has 4 amide bonds. The van der Waals surface area contributed by atoms with Crippen LogP contribution in [0.1, 0.15) is 28.4 Å². The molecule has 2 saturated heterocycles. The van der Waals surface area contributed by atoms with Gasteiger partial charge < -0.3 is 41.9 Å². The molecule has 8 N–H and O–H groups in total. The Hall–Kier alpha value is -4.82. The summed E-state index contributed by atoms with van der Waals surface area (Å²) in [6, 6.07) is 11.7. The molecule has 228 valence electrons. The fourth-order valence-electron chi connectivity index (χ4n) is 5.58. The number of aliphatic carboxylic acids is 1. The molecule has 0 aliphatic carbocycles. The highest BCUT2D eigenvalue weighted by Crippen LogP contribution is 2.32. The second kappa shape index (κ2) is 13.4. The number of nitrogens with one attached hydrogen (secondary N) is 5. The number of amidine groups is 1. The first-order valence-electron chi connectivity index (χ1n) is 13.9. The Morgan fingerprint density at radius 1 is 0.977 bits per heavy atom. The van der Waals surface area contributed by atoms with E-state index < -0.39 is 47.2 Å². The summed E-state index contributed by atoms with van der Waals surface area (Å²) in [7, 11) is 0. The Morgan fingerprint density at radius 3 is 2.16 bits per heavy atom. The predicted octanol–water partition coefficient (Wildman–Crippen LogP) is -1.54. The van der Waals surface area contributed by atoms with Gasteiger partial charge in [0.1, 0.15) is 11.9 Å². The molecule has 0 bridgehead atoms. The number of benzene rings is 2. The third-order valence-electron chi connectivity index (χ3n) is 7.76. The Balaban J connectivity index is 1.80. The minimum atomic E-state index is -2.39. The van der Waals surface area contributed by atoms with Crippen LogP contribution in [0.25, 0.3) is 0 Å². The Bertz CT molecular complexity index is 1390. The van der Waals surface area contributed by atoms with Gasteiger partial charge in [0.2, 0.25) is 17.7 Å². The van der Waals surface area contributed by atoms with Crippen molar-refractivity contribution < 1.29 is 29.1 Å². The summed E-state index contributed by atoms with van der Waals surface area (Å²) in [6.45, 7) is 1.60. The number of hydrogen-bond acceptors (Lipinski definition) is 8. The highest BCUT2D eigenvalue weighted by molar-refractivity contribution is 6.02. The molecule has 2 aromatic carbocycles. The van der Waals surface area contributed by atoms with E-state index in [1.165, 1.54) is 36.1 Å². The van der Waals surface area contributed by atoms with Crippen LogP contribution in [0.2, 0.25) is 0 Å². The summed E-state index contributed by atoms with van der Waals surface area (Å²) < 4.78 is 0. The lowest BCUT2D eigenvalue weighted by Crippen LogP contribution is -2.80. The van der Waals surface area contributed by atoms with Crippen molar-refractivity contribution in [3.63, 3.8) is 0 Å². The zero-order valence-electron chi connectivity index (χ0n) is 23.8. The van der Waals surface area contributed by atoms with E-state index in [9.17, 15) is 29.1 Å². The van der Waals surface area contributed by atoms with Crippen LogP contribution in [0.3, 0.4) is 0 Å². The van der Waals surface area contributed by atoms with E-state index in [-0.39, 0.29) is 50.7 Å². The maximum Gasteiger partial charge on any atom is 0.334 e. The number of nitrogens with two attached hydrogens (primary N) is 1. The first-order chi connectivity index (χ1) is 20.6. The van der Waals surface area contributed by atoms with Gasteiger partial charge in [-0.3, -0.25) is 24.6 Å². The average molecular weight is 593 g/mol. The summed E-state index contributed by atoms with van der Waals surface area (Å²) in [5.74, 6) is -4.30. The predicted molar refractivity (Wildman–Crippen MR) is 156 cm³/mol. The van der Waals surface area contributed by atoms with Gasteiger partial charge in [0.05, 0.1) is 19.1 Å². The molecule has 2 aromatic rings. The van der Waals surface area contributed by atoms with E-state index in [0.29, 0.717) is 12.1 Å². The van der Waals surface area contributed by atoms with Crippen LogP contribution in [0.4, 0.5) is 0 Å². The van der Waals surface area contributed by atoms with Gasteiger partial charge in [-0.05, 0) is 24.6 Å². The van der Waals surface area contributed by atoms with Crippen LogP contribution in [0, 0.1) is 5.41 Å².